The number of benzene rings is 2. The van der Waals surface area contributed by atoms with Crippen LogP contribution in [-0.2, 0) is 11.3 Å². The van der Waals surface area contributed by atoms with E-state index in [2.05, 4.69) is 0 Å². The monoisotopic (exact) mass is 303 g/mol. The van der Waals surface area contributed by atoms with E-state index < -0.39 is 5.60 Å². The molecule has 1 amide bonds. The molecular weight excluding hydrogens is 281 g/mol. The van der Waals surface area contributed by atoms with Gasteiger partial charge < -0.3 is 9.64 Å². The van der Waals surface area contributed by atoms with Gasteiger partial charge in [-0.05, 0) is 26.3 Å². The molecule has 23 heavy (non-hydrogen) atoms. The third kappa shape index (κ3) is 6.86. The molecule has 0 N–H and O–H groups in total. The molecule has 0 aliphatic carbocycles. The fraction of sp³-hybridized carbons (Fsp3) is 0.263. The first kappa shape index (κ1) is 19.2. The predicted octanol–water partition coefficient (Wildman–Crippen LogP) is 1.64. The number of hydrogen-bond acceptors (Lipinski definition) is 2. The van der Waals surface area contributed by atoms with Gasteiger partial charge in [-0.15, -0.1) is 12.1 Å². The van der Waals surface area contributed by atoms with Crippen molar-refractivity contribution in [2.45, 2.75) is 32.9 Å². The minimum absolute atomic E-state index is 0. The number of carbonyl (C=O) groups is 1. The van der Waals surface area contributed by atoms with Gasteiger partial charge in [0.15, 0.2) is 0 Å². The maximum atomic E-state index is 12.4. The van der Waals surface area contributed by atoms with E-state index in [1.54, 1.807) is 4.90 Å². The van der Waals surface area contributed by atoms with Crippen molar-refractivity contribution in [3.63, 3.8) is 0 Å². The Labute approximate surface area is 150 Å². The second-order valence-corrected chi connectivity index (χ2v) is 6.13. The molecule has 3 nitrogen and oxygen atoms in total. The van der Waals surface area contributed by atoms with Crippen LogP contribution in [0.3, 0.4) is 0 Å². The second-order valence-electron chi connectivity index (χ2n) is 6.13. The molecule has 4 heteroatoms. The van der Waals surface area contributed by atoms with Crippen molar-refractivity contribution in [2.24, 2.45) is 0 Å². The van der Waals surface area contributed by atoms with Gasteiger partial charge in [-0.2, -0.15) is 17.7 Å². The molecule has 2 aromatic rings. The Hall–Kier alpha value is -1.82. The van der Waals surface area contributed by atoms with Crippen LogP contribution in [0.2, 0.25) is 0 Å². The summed E-state index contributed by atoms with van der Waals surface area (Å²) in [6.45, 7) is 7.90. The summed E-state index contributed by atoms with van der Waals surface area (Å²) in [7, 11) is 0. The van der Waals surface area contributed by atoms with Crippen LogP contribution in [0.25, 0.3) is 0 Å². The molecule has 0 aliphatic heterocycles. The average molecular weight is 303 g/mol. The molecule has 0 aromatic heterocycles. The van der Waals surface area contributed by atoms with Crippen LogP contribution in [-0.4, -0.2) is 16.6 Å². The fourth-order valence-electron chi connectivity index (χ4n) is 1.98. The molecule has 0 aliphatic rings. The van der Waals surface area contributed by atoms with Crippen LogP contribution < -0.4 is 18.9 Å². The molecule has 0 atom stereocenters. The van der Waals surface area contributed by atoms with E-state index in [4.69, 9.17) is 4.74 Å². The summed E-state index contributed by atoms with van der Waals surface area (Å²) in [6, 6.07) is 19.6. The van der Waals surface area contributed by atoms with E-state index in [0.29, 0.717) is 6.54 Å². The van der Waals surface area contributed by atoms with Crippen LogP contribution in [0.4, 0.5) is 4.79 Å². The van der Waals surface area contributed by atoms with Crippen LogP contribution in [0.5, 0.6) is 0 Å². The first-order valence-electron chi connectivity index (χ1n) is 7.37. The van der Waals surface area contributed by atoms with E-state index in [1.165, 1.54) is 0 Å². The molecule has 0 bridgehead atoms. The summed E-state index contributed by atoms with van der Waals surface area (Å²) in [5, 5.41) is 0. The van der Waals surface area contributed by atoms with Gasteiger partial charge in [0.2, 0.25) is 0 Å². The average Bonchev–Trinajstić information content (AvgIpc) is 2.47. The summed E-state index contributed by atoms with van der Waals surface area (Å²) in [4.78, 5) is 14.0. The Kier molecular flexibility index (Phi) is 7.29. The molecule has 0 heterocycles. The molecule has 2 aromatic carbocycles. The molecule has 0 spiro atoms. The number of rotatable bonds is 4. The maximum absolute atomic E-state index is 12.4. The smallest absolute Gasteiger partial charge is 0.444 e. The van der Waals surface area contributed by atoms with E-state index in [9.17, 15) is 4.79 Å². The third-order valence-electron chi connectivity index (χ3n) is 2.93. The standard InChI is InChI=1S/C19H22NO2.Li/c1-19(2,3)22-18(21)20(14-16-10-6-4-7-11-16)15-17-12-8-5-9-13-17;/h4-14H,15H2,1-3H3;/q-1;+1. The number of carbonyl (C=O) groups excluding carboxylic acids is 1. The largest absolute Gasteiger partial charge is 1.00 e. The molecule has 2 rings (SSSR count). The molecule has 0 radical (unpaired) electrons. The van der Waals surface area contributed by atoms with E-state index >= 15 is 0 Å². The number of hydrogen-bond donors (Lipinski definition) is 0. The molecule has 0 fully saturated rings. The summed E-state index contributed by atoms with van der Waals surface area (Å²) in [5.74, 6) is 0. The Morgan fingerprint density at radius 1 is 1.00 bits per heavy atom. The van der Waals surface area contributed by atoms with E-state index in [-0.39, 0.29) is 25.0 Å². The topological polar surface area (TPSA) is 29.5 Å². The molecular formula is C19H22LiNO2. The van der Waals surface area contributed by atoms with Crippen LogP contribution in [0.1, 0.15) is 31.9 Å². The van der Waals surface area contributed by atoms with Gasteiger partial charge in [-0.1, -0.05) is 42.9 Å². The van der Waals surface area contributed by atoms with Crippen molar-refractivity contribution in [3.05, 3.63) is 78.3 Å². The molecule has 0 saturated carbocycles. The van der Waals surface area contributed by atoms with Gasteiger partial charge in [0, 0.05) is 6.54 Å². The van der Waals surface area contributed by atoms with Crippen molar-refractivity contribution in [2.75, 3.05) is 0 Å². The zero-order chi connectivity index (χ0) is 16.0. The second kappa shape index (κ2) is 8.72. The Morgan fingerprint density at radius 3 is 2.04 bits per heavy atom. The van der Waals surface area contributed by atoms with Crippen molar-refractivity contribution in [1.82, 2.24) is 4.90 Å². The van der Waals surface area contributed by atoms with Crippen LogP contribution in [0.15, 0.2) is 60.7 Å². The van der Waals surface area contributed by atoms with Gasteiger partial charge in [0.05, 0.1) is 0 Å². The zero-order valence-electron chi connectivity index (χ0n) is 14.3. The van der Waals surface area contributed by atoms with Gasteiger partial charge in [0.25, 0.3) is 0 Å². The normalized spacial score (nSPS) is 10.4. The van der Waals surface area contributed by atoms with Crippen molar-refractivity contribution in [3.8, 4) is 0 Å². The minimum Gasteiger partial charge on any atom is -0.444 e. The minimum atomic E-state index is -0.517. The maximum Gasteiger partial charge on any atom is 1.00 e. The third-order valence-corrected chi connectivity index (χ3v) is 2.93. The summed E-state index contributed by atoms with van der Waals surface area (Å²) in [5.41, 5.74) is 1.50. The van der Waals surface area contributed by atoms with Gasteiger partial charge in [-0.25, -0.2) is 4.79 Å². The van der Waals surface area contributed by atoms with E-state index in [1.807, 2.05) is 88.0 Å². The fourth-order valence-corrected chi connectivity index (χ4v) is 1.98. The van der Waals surface area contributed by atoms with Crippen molar-refractivity contribution in [1.29, 1.82) is 0 Å². The number of amides is 1. The van der Waals surface area contributed by atoms with Gasteiger partial charge in [-0.3, -0.25) is 0 Å². The molecule has 0 saturated heterocycles. The number of ether oxygens (including phenoxy) is 1. The van der Waals surface area contributed by atoms with Crippen LogP contribution >= 0.6 is 0 Å². The quantitative estimate of drug-likeness (QED) is 0.635. The van der Waals surface area contributed by atoms with Gasteiger partial charge >= 0.3 is 25.0 Å². The summed E-state index contributed by atoms with van der Waals surface area (Å²) in [6.07, 6.45) is -0.347. The zero-order valence-corrected chi connectivity index (χ0v) is 14.3. The van der Waals surface area contributed by atoms with Crippen LogP contribution in [0, 0.1) is 6.54 Å². The predicted molar refractivity (Wildman–Crippen MR) is 88.1 cm³/mol. The van der Waals surface area contributed by atoms with Crippen molar-refractivity contribution < 1.29 is 28.4 Å². The Bertz CT molecular complexity index is 552. The van der Waals surface area contributed by atoms with Gasteiger partial charge in [0.1, 0.15) is 5.60 Å². The first-order valence-corrected chi connectivity index (χ1v) is 7.37. The Morgan fingerprint density at radius 2 is 1.52 bits per heavy atom. The Balaban J connectivity index is 0.00000264. The molecule has 116 valence electrons. The molecule has 0 unspecified atom stereocenters. The summed E-state index contributed by atoms with van der Waals surface area (Å²) >= 11 is 0. The summed E-state index contributed by atoms with van der Waals surface area (Å²) < 4.78 is 5.50. The SMILES string of the molecule is CC(C)(C)OC(=O)N([CH-]c1ccccc1)Cc1ccccc1.[Li+]. The first-order chi connectivity index (χ1) is 10.4. The number of nitrogens with zero attached hydrogens (tertiary/aromatic N) is 1. The van der Waals surface area contributed by atoms with E-state index in [0.717, 1.165) is 11.1 Å². The van der Waals surface area contributed by atoms with Crippen molar-refractivity contribution >= 4 is 6.09 Å².